The highest BCUT2D eigenvalue weighted by Crippen LogP contribution is 2.38. The Bertz CT molecular complexity index is 1430. The largest absolute Gasteiger partial charge is 0.493 e. The smallest absolute Gasteiger partial charge is 0.325 e. The molecule has 3 amide bonds. The lowest BCUT2D eigenvalue weighted by atomic mass is 10.2. The molecule has 0 radical (unpaired) electrons. The monoisotopic (exact) mass is 527 g/mol. The summed E-state index contributed by atoms with van der Waals surface area (Å²) in [5.41, 5.74) is 1.04. The quantitative estimate of drug-likeness (QED) is 0.312. The molecule has 186 valence electrons. The lowest BCUT2D eigenvalue weighted by molar-refractivity contribution is -0.117. The standard InChI is InChI=1S/C24H22ClN5O5S/c1-30-9-8-27-24(30)36-13-22(31)29-23(32)28-14-4-5-19(16(25)10-14)35-18-6-7-26-17-12-21(34-3)20(33-2)11-15(17)18/h4-12H,13H2,1-3H3,(H2,28,29,31,32). The number of hydrogen-bond donors (Lipinski definition) is 2. The van der Waals surface area contributed by atoms with Crippen molar-refractivity contribution in [1.29, 1.82) is 0 Å². The number of benzene rings is 2. The van der Waals surface area contributed by atoms with Gasteiger partial charge in [-0.25, -0.2) is 9.78 Å². The molecule has 10 nitrogen and oxygen atoms in total. The number of halogens is 1. The fourth-order valence-corrected chi connectivity index (χ4v) is 4.21. The van der Waals surface area contributed by atoms with E-state index in [1.54, 1.807) is 67.7 Å². The van der Waals surface area contributed by atoms with Crippen LogP contribution in [0.3, 0.4) is 0 Å². The summed E-state index contributed by atoms with van der Waals surface area (Å²) in [5, 5.41) is 6.50. The molecule has 0 aliphatic heterocycles. The number of ether oxygens (including phenoxy) is 3. The second-order valence-corrected chi connectivity index (χ2v) is 8.74. The molecule has 4 aromatic rings. The zero-order valence-corrected chi connectivity index (χ0v) is 21.1. The SMILES string of the molecule is COc1cc2nccc(Oc3ccc(NC(=O)NC(=O)CSc4nccn4C)cc3Cl)c2cc1OC. The highest BCUT2D eigenvalue weighted by Gasteiger charge is 2.14. The first-order chi connectivity index (χ1) is 17.4. The van der Waals surface area contributed by atoms with E-state index in [1.807, 2.05) is 7.05 Å². The molecule has 0 spiro atoms. The maximum Gasteiger partial charge on any atom is 0.325 e. The average Bonchev–Trinajstić information content (AvgIpc) is 3.28. The van der Waals surface area contributed by atoms with E-state index in [9.17, 15) is 9.59 Å². The average molecular weight is 528 g/mol. The zero-order chi connectivity index (χ0) is 25.7. The summed E-state index contributed by atoms with van der Waals surface area (Å²) < 4.78 is 18.5. The van der Waals surface area contributed by atoms with E-state index in [0.29, 0.717) is 44.7 Å². The third-order valence-corrected chi connectivity index (χ3v) is 6.33. The number of nitrogens with zero attached hydrogens (tertiary/aromatic N) is 3. The molecule has 0 unspecified atom stereocenters. The number of methoxy groups -OCH3 is 2. The van der Waals surface area contributed by atoms with Gasteiger partial charge in [-0.2, -0.15) is 0 Å². The first-order valence-corrected chi connectivity index (χ1v) is 11.9. The molecule has 2 N–H and O–H groups in total. The number of aromatic nitrogens is 3. The first-order valence-electron chi connectivity index (χ1n) is 10.6. The predicted molar refractivity (Wildman–Crippen MR) is 137 cm³/mol. The normalized spacial score (nSPS) is 10.7. The molecule has 12 heteroatoms. The summed E-state index contributed by atoms with van der Waals surface area (Å²) in [6, 6.07) is 9.31. The number of amides is 3. The van der Waals surface area contributed by atoms with Crippen LogP contribution in [0.5, 0.6) is 23.0 Å². The Labute approximate surface area is 215 Å². The number of nitrogens with one attached hydrogen (secondary N) is 2. The first kappa shape index (κ1) is 25.1. The van der Waals surface area contributed by atoms with Crippen LogP contribution in [0, 0.1) is 0 Å². The van der Waals surface area contributed by atoms with Gasteiger partial charge < -0.3 is 24.1 Å². The highest BCUT2D eigenvalue weighted by molar-refractivity contribution is 7.99. The van der Waals surface area contributed by atoms with Crippen molar-refractivity contribution in [2.45, 2.75) is 5.16 Å². The van der Waals surface area contributed by atoms with Crippen LogP contribution >= 0.6 is 23.4 Å². The van der Waals surface area contributed by atoms with Gasteiger partial charge in [0.15, 0.2) is 16.7 Å². The Morgan fingerprint density at radius 1 is 1.00 bits per heavy atom. The van der Waals surface area contributed by atoms with Gasteiger partial charge >= 0.3 is 6.03 Å². The van der Waals surface area contributed by atoms with Crippen molar-refractivity contribution >= 4 is 51.9 Å². The number of carbonyl (C=O) groups is 2. The van der Waals surface area contributed by atoms with Gasteiger partial charge in [0.2, 0.25) is 5.91 Å². The summed E-state index contributed by atoms with van der Waals surface area (Å²) in [7, 11) is 4.92. The van der Waals surface area contributed by atoms with E-state index in [1.165, 1.54) is 17.8 Å². The predicted octanol–water partition coefficient (Wildman–Crippen LogP) is 4.87. The number of carbonyl (C=O) groups excluding carboxylic acids is 2. The summed E-state index contributed by atoms with van der Waals surface area (Å²) >= 11 is 7.63. The maximum atomic E-state index is 12.2. The van der Waals surface area contributed by atoms with E-state index in [-0.39, 0.29) is 10.8 Å². The number of fused-ring (bicyclic) bond motifs is 1. The van der Waals surface area contributed by atoms with Gasteiger partial charge in [-0.15, -0.1) is 0 Å². The van der Waals surface area contributed by atoms with Crippen LogP contribution in [-0.2, 0) is 11.8 Å². The molecule has 0 aliphatic rings. The molecule has 0 fully saturated rings. The zero-order valence-electron chi connectivity index (χ0n) is 19.6. The lowest BCUT2D eigenvalue weighted by Gasteiger charge is -2.14. The second kappa shape index (κ2) is 11.2. The molecular formula is C24H22ClN5O5S. The molecule has 2 aromatic heterocycles. The van der Waals surface area contributed by atoms with Crippen molar-refractivity contribution in [1.82, 2.24) is 19.9 Å². The van der Waals surface area contributed by atoms with E-state index in [4.69, 9.17) is 25.8 Å². The third kappa shape index (κ3) is 5.81. The number of anilines is 1. The molecule has 0 aliphatic carbocycles. The van der Waals surface area contributed by atoms with Crippen LogP contribution in [0.2, 0.25) is 5.02 Å². The van der Waals surface area contributed by atoms with Crippen molar-refractivity contribution in [3.05, 3.63) is 60.0 Å². The number of imide groups is 1. The van der Waals surface area contributed by atoms with Gasteiger partial charge in [-0.05, 0) is 30.3 Å². The second-order valence-electron chi connectivity index (χ2n) is 7.39. The van der Waals surface area contributed by atoms with Crippen LogP contribution in [0.15, 0.2) is 60.1 Å². The summed E-state index contributed by atoms with van der Waals surface area (Å²) in [6.07, 6.45) is 5.02. The highest BCUT2D eigenvalue weighted by atomic mass is 35.5. The molecular weight excluding hydrogens is 506 g/mol. The van der Waals surface area contributed by atoms with Crippen LogP contribution < -0.4 is 24.8 Å². The molecule has 36 heavy (non-hydrogen) atoms. The number of hydrogen-bond acceptors (Lipinski definition) is 8. The third-order valence-electron chi connectivity index (χ3n) is 4.98. The molecule has 0 atom stereocenters. The van der Waals surface area contributed by atoms with E-state index >= 15 is 0 Å². The Morgan fingerprint density at radius 2 is 1.78 bits per heavy atom. The van der Waals surface area contributed by atoms with Crippen molar-refractivity contribution in [2.75, 3.05) is 25.3 Å². The molecule has 0 saturated heterocycles. The topological polar surface area (TPSA) is 117 Å². The van der Waals surface area contributed by atoms with Crippen molar-refractivity contribution in [2.24, 2.45) is 7.05 Å². The van der Waals surface area contributed by atoms with Gasteiger partial charge in [-0.3, -0.25) is 15.1 Å². The van der Waals surface area contributed by atoms with Crippen LogP contribution in [-0.4, -0.2) is 46.4 Å². The van der Waals surface area contributed by atoms with Crippen molar-refractivity contribution in [3.63, 3.8) is 0 Å². The number of pyridine rings is 1. The molecule has 2 heterocycles. The minimum Gasteiger partial charge on any atom is -0.493 e. The number of thioether (sulfide) groups is 1. The molecule has 4 rings (SSSR count). The fraction of sp³-hybridized carbons (Fsp3) is 0.167. The molecule has 0 bridgehead atoms. The van der Waals surface area contributed by atoms with Crippen molar-refractivity contribution in [3.8, 4) is 23.0 Å². The summed E-state index contributed by atoms with van der Waals surface area (Å²) in [6.45, 7) is 0. The number of imidazole rings is 1. The van der Waals surface area contributed by atoms with Gasteiger partial charge in [0.05, 0.1) is 30.5 Å². The summed E-state index contributed by atoms with van der Waals surface area (Å²) in [4.78, 5) is 32.8. The van der Waals surface area contributed by atoms with Gasteiger partial charge in [-0.1, -0.05) is 23.4 Å². The Hall–Kier alpha value is -3.96. The maximum absolute atomic E-state index is 12.2. The number of aryl methyl sites for hydroxylation is 1. The van der Waals surface area contributed by atoms with Crippen LogP contribution in [0.1, 0.15) is 0 Å². The minimum absolute atomic E-state index is 0.0440. The van der Waals surface area contributed by atoms with Gasteiger partial charge in [0.1, 0.15) is 11.5 Å². The van der Waals surface area contributed by atoms with Crippen LogP contribution in [0.4, 0.5) is 10.5 Å². The Kier molecular flexibility index (Phi) is 7.81. The molecule has 2 aromatic carbocycles. The minimum atomic E-state index is -0.675. The van der Waals surface area contributed by atoms with E-state index < -0.39 is 11.9 Å². The van der Waals surface area contributed by atoms with E-state index in [0.717, 1.165) is 0 Å². The molecule has 0 saturated carbocycles. The van der Waals surface area contributed by atoms with Gasteiger partial charge in [0.25, 0.3) is 0 Å². The van der Waals surface area contributed by atoms with Gasteiger partial charge in [0, 0.05) is 42.8 Å². The van der Waals surface area contributed by atoms with Crippen LogP contribution in [0.25, 0.3) is 10.9 Å². The lowest BCUT2D eigenvalue weighted by Crippen LogP contribution is -2.35. The summed E-state index contributed by atoms with van der Waals surface area (Å²) in [5.74, 6) is 1.55. The Balaban J connectivity index is 1.41. The fourth-order valence-electron chi connectivity index (χ4n) is 3.26. The number of urea groups is 1. The van der Waals surface area contributed by atoms with Crippen molar-refractivity contribution < 1.29 is 23.8 Å². The number of rotatable bonds is 8. The Morgan fingerprint density at radius 3 is 2.47 bits per heavy atom. The van der Waals surface area contributed by atoms with E-state index in [2.05, 4.69) is 20.6 Å².